The van der Waals surface area contributed by atoms with E-state index in [1.54, 1.807) is 0 Å². The molecule has 0 aromatic rings. The molecule has 1 nitrogen and oxygen atoms in total. The van der Waals surface area contributed by atoms with E-state index in [2.05, 4.69) is 24.9 Å². The van der Waals surface area contributed by atoms with Crippen molar-refractivity contribution < 1.29 is 0 Å². The predicted molar refractivity (Wildman–Crippen MR) is 43.1 cm³/mol. The van der Waals surface area contributed by atoms with Crippen molar-refractivity contribution in [3.63, 3.8) is 0 Å². The van der Waals surface area contributed by atoms with Gasteiger partial charge < -0.3 is 0 Å². The van der Waals surface area contributed by atoms with Crippen LogP contribution in [0.25, 0.3) is 0 Å². The molecule has 0 heterocycles. The molecule has 0 aliphatic carbocycles. The third-order valence-corrected chi connectivity index (χ3v) is 1.37. The molecule has 52 valence electrons. The van der Waals surface area contributed by atoms with E-state index < -0.39 is 0 Å². The Hall–Kier alpha value is -0.590. The molecule has 0 fully saturated rings. The first-order chi connectivity index (χ1) is 4.20. The lowest BCUT2D eigenvalue weighted by atomic mass is 10.2. The van der Waals surface area contributed by atoms with Crippen LogP contribution in [-0.4, -0.2) is 12.8 Å². The summed E-state index contributed by atoms with van der Waals surface area (Å²) in [6, 6.07) is 0. The summed E-state index contributed by atoms with van der Waals surface area (Å²) in [5, 5.41) is 0. The zero-order chi connectivity index (χ0) is 7.28. The van der Waals surface area contributed by atoms with E-state index in [0.717, 1.165) is 12.1 Å². The molecule has 9 heavy (non-hydrogen) atoms. The highest BCUT2D eigenvalue weighted by Gasteiger charge is 1.83. The van der Waals surface area contributed by atoms with Crippen molar-refractivity contribution in [2.45, 2.75) is 27.2 Å². The minimum Gasteiger partial charge on any atom is -0.293 e. The predicted octanol–water partition coefficient (Wildman–Crippen LogP) is 2.43. The lowest BCUT2D eigenvalue weighted by Gasteiger charge is -1.92. The monoisotopic (exact) mass is 125 g/mol. The van der Waals surface area contributed by atoms with Crippen LogP contribution in [0.15, 0.2) is 16.6 Å². The maximum atomic E-state index is 4.02. The molecular formula is C8H15N. The molecule has 0 bridgehead atoms. The van der Waals surface area contributed by atoms with Gasteiger partial charge in [-0.05, 0) is 26.3 Å². The van der Waals surface area contributed by atoms with Crippen LogP contribution in [0.2, 0.25) is 0 Å². The Morgan fingerprint density at radius 3 is 2.33 bits per heavy atom. The Balaban J connectivity index is 3.95. The Bertz CT molecular complexity index is 132. The van der Waals surface area contributed by atoms with Gasteiger partial charge in [0.05, 0.1) is 0 Å². The lowest BCUT2D eigenvalue weighted by molar-refractivity contribution is 1.10. The molecule has 1 heteroatoms. The maximum Gasteiger partial charge on any atom is 0.0313 e. The van der Waals surface area contributed by atoms with Gasteiger partial charge in [0.25, 0.3) is 0 Å². The number of hydrogen-bond donors (Lipinski definition) is 0. The van der Waals surface area contributed by atoms with Crippen molar-refractivity contribution in [2.24, 2.45) is 4.99 Å². The molecule has 0 N–H and O–H groups in total. The summed E-state index contributed by atoms with van der Waals surface area (Å²) in [6.45, 7) is 6.28. The van der Waals surface area contributed by atoms with Crippen molar-refractivity contribution in [3.8, 4) is 0 Å². The van der Waals surface area contributed by atoms with Crippen LogP contribution >= 0.6 is 0 Å². The molecule has 0 atom stereocenters. The fraction of sp³-hybridized carbons (Fsp3) is 0.625. The number of rotatable bonds is 2. The van der Waals surface area contributed by atoms with Crippen molar-refractivity contribution in [1.82, 2.24) is 0 Å². The lowest BCUT2D eigenvalue weighted by Crippen LogP contribution is -1.85. The van der Waals surface area contributed by atoms with Gasteiger partial charge >= 0.3 is 0 Å². The Kier molecular flexibility index (Phi) is 4.02. The van der Waals surface area contributed by atoms with Gasteiger partial charge in [0.2, 0.25) is 0 Å². The standard InChI is InChI=1S/C8H15N/c1-5-7(2)6-8(3)9-4/h6H,5H2,1-4H3. The largest absolute Gasteiger partial charge is 0.293 e. The van der Waals surface area contributed by atoms with E-state index in [0.29, 0.717) is 0 Å². The van der Waals surface area contributed by atoms with Crippen LogP contribution in [0.3, 0.4) is 0 Å². The van der Waals surface area contributed by atoms with Crippen LogP contribution in [0.5, 0.6) is 0 Å². The Labute approximate surface area is 57.5 Å². The fourth-order valence-electron chi connectivity index (χ4n) is 0.523. The number of hydrogen-bond acceptors (Lipinski definition) is 1. The highest BCUT2D eigenvalue weighted by Crippen LogP contribution is 1.97. The van der Waals surface area contributed by atoms with E-state index in [-0.39, 0.29) is 0 Å². The summed E-state index contributed by atoms with van der Waals surface area (Å²) in [5.74, 6) is 0. The third-order valence-electron chi connectivity index (χ3n) is 1.37. The quantitative estimate of drug-likeness (QED) is 0.503. The average molecular weight is 125 g/mol. The molecule has 0 spiro atoms. The van der Waals surface area contributed by atoms with Gasteiger partial charge in [0, 0.05) is 12.8 Å². The summed E-state index contributed by atoms with van der Waals surface area (Å²) in [6.07, 6.45) is 3.23. The Morgan fingerprint density at radius 1 is 1.44 bits per heavy atom. The third kappa shape index (κ3) is 3.95. The first kappa shape index (κ1) is 8.41. The minimum absolute atomic E-state index is 1.11. The fourth-order valence-corrected chi connectivity index (χ4v) is 0.523. The molecular weight excluding hydrogens is 110 g/mol. The second-order valence-electron chi connectivity index (χ2n) is 2.21. The molecule has 0 rings (SSSR count). The summed E-state index contributed by atoms with van der Waals surface area (Å²) >= 11 is 0. The summed E-state index contributed by atoms with van der Waals surface area (Å²) in [7, 11) is 1.81. The van der Waals surface area contributed by atoms with E-state index in [1.807, 2.05) is 14.0 Å². The number of nitrogens with zero attached hydrogens (tertiary/aromatic N) is 1. The average Bonchev–Trinajstić information content (AvgIpc) is 1.87. The van der Waals surface area contributed by atoms with Crippen LogP contribution in [0.1, 0.15) is 27.2 Å². The number of allylic oxidation sites excluding steroid dienone is 2. The van der Waals surface area contributed by atoms with Crippen molar-refractivity contribution in [2.75, 3.05) is 7.05 Å². The van der Waals surface area contributed by atoms with Crippen molar-refractivity contribution in [3.05, 3.63) is 11.6 Å². The van der Waals surface area contributed by atoms with Gasteiger partial charge in [-0.15, -0.1) is 0 Å². The van der Waals surface area contributed by atoms with E-state index >= 15 is 0 Å². The van der Waals surface area contributed by atoms with Crippen molar-refractivity contribution in [1.29, 1.82) is 0 Å². The molecule has 0 saturated carbocycles. The number of aliphatic imine (C=N–C) groups is 1. The molecule has 0 aliphatic heterocycles. The molecule has 0 unspecified atom stereocenters. The molecule has 0 amide bonds. The second kappa shape index (κ2) is 4.30. The van der Waals surface area contributed by atoms with E-state index in [1.165, 1.54) is 5.57 Å². The highest BCUT2D eigenvalue weighted by molar-refractivity contribution is 5.93. The van der Waals surface area contributed by atoms with E-state index in [4.69, 9.17) is 0 Å². The van der Waals surface area contributed by atoms with Crippen LogP contribution < -0.4 is 0 Å². The van der Waals surface area contributed by atoms with Gasteiger partial charge in [-0.3, -0.25) is 4.99 Å². The summed E-state index contributed by atoms with van der Waals surface area (Å²) in [4.78, 5) is 4.02. The SMILES string of the molecule is CCC(C)=CC(C)=NC. The zero-order valence-corrected chi connectivity index (χ0v) is 6.73. The molecule has 0 aliphatic rings. The zero-order valence-electron chi connectivity index (χ0n) is 6.73. The topological polar surface area (TPSA) is 12.4 Å². The highest BCUT2D eigenvalue weighted by atomic mass is 14.7. The van der Waals surface area contributed by atoms with Gasteiger partial charge in [-0.2, -0.15) is 0 Å². The molecule has 0 saturated heterocycles. The normalized spacial score (nSPS) is 14.2. The van der Waals surface area contributed by atoms with Crippen LogP contribution in [0.4, 0.5) is 0 Å². The van der Waals surface area contributed by atoms with Crippen molar-refractivity contribution >= 4 is 5.71 Å². The molecule has 0 aromatic carbocycles. The smallest absolute Gasteiger partial charge is 0.0313 e. The maximum absolute atomic E-state index is 4.02. The van der Waals surface area contributed by atoms with Gasteiger partial charge in [0.1, 0.15) is 0 Å². The van der Waals surface area contributed by atoms with Gasteiger partial charge in [0.15, 0.2) is 0 Å². The van der Waals surface area contributed by atoms with Gasteiger partial charge in [-0.1, -0.05) is 12.5 Å². The second-order valence-corrected chi connectivity index (χ2v) is 2.21. The summed E-state index contributed by atoms with van der Waals surface area (Å²) in [5.41, 5.74) is 2.49. The molecule has 0 radical (unpaired) electrons. The molecule has 0 aromatic heterocycles. The summed E-state index contributed by atoms with van der Waals surface area (Å²) < 4.78 is 0. The first-order valence-corrected chi connectivity index (χ1v) is 3.31. The Morgan fingerprint density at radius 2 is 2.00 bits per heavy atom. The van der Waals surface area contributed by atoms with Crippen LogP contribution in [-0.2, 0) is 0 Å². The first-order valence-electron chi connectivity index (χ1n) is 3.31. The van der Waals surface area contributed by atoms with Gasteiger partial charge in [-0.25, -0.2) is 0 Å². The minimum atomic E-state index is 1.11. The van der Waals surface area contributed by atoms with E-state index in [9.17, 15) is 0 Å². The van der Waals surface area contributed by atoms with Crippen LogP contribution in [0, 0.1) is 0 Å².